The van der Waals surface area contributed by atoms with Gasteiger partial charge in [0, 0.05) is 8.80 Å². The van der Waals surface area contributed by atoms with E-state index >= 15 is 0 Å². The lowest BCUT2D eigenvalue weighted by Gasteiger charge is -2.29. The highest BCUT2D eigenvalue weighted by molar-refractivity contribution is 6.57. The molecule has 1 rings (SSSR count). The molecule has 66 valence electrons. The Balaban J connectivity index is 2.24. The van der Waals surface area contributed by atoms with Crippen LogP contribution in [0.1, 0.15) is 39.0 Å². The van der Waals surface area contributed by atoms with Crippen LogP contribution in [0.2, 0.25) is 18.6 Å². The first kappa shape index (κ1) is 9.31. The molecule has 0 atom stereocenters. The first-order chi connectivity index (χ1) is 5.24. The van der Waals surface area contributed by atoms with Crippen molar-refractivity contribution < 1.29 is 0 Å². The standard InChI is InChI=1S/C10H22Si/c1-4-9-5-7-10(8-6-9)11(2)3/h9-11H,4-8H2,1-3H3. The number of rotatable bonds is 2. The summed E-state index contributed by atoms with van der Waals surface area (Å²) in [6.45, 7) is 7.37. The van der Waals surface area contributed by atoms with Crippen molar-refractivity contribution in [1.82, 2.24) is 0 Å². The average molecular weight is 170 g/mol. The maximum Gasteiger partial charge on any atom is 0.0337 e. The van der Waals surface area contributed by atoms with Crippen LogP contribution in [0.5, 0.6) is 0 Å². The van der Waals surface area contributed by atoms with Gasteiger partial charge >= 0.3 is 0 Å². The van der Waals surface area contributed by atoms with E-state index in [1.807, 2.05) is 0 Å². The normalized spacial score (nSPS) is 32.7. The first-order valence-electron chi connectivity index (χ1n) is 5.24. The molecular weight excluding hydrogens is 148 g/mol. The van der Waals surface area contributed by atoms with Crippen molar-refractivity contribution in [3.63, 3.8) is 0 Å². The molecule has 1 aliphatic carbocycles. The third kappa shape index (κ3) is 2.62. The zero-order valence-electron chi connectivity index (χ0n) is 8.27. The van der Waals surface area contributed by atoms with Gasteiger partial charge in [-0.3, -0.25) is 0 Å². The summed E-state index contributed by atoms with van der Waals surface area (Å²) < 4.78 is 0. The van der Waals surface area contributed by atoms with Crippen LogP contribution in [0, 0.1) is 5.92 Å². The van der Waals surface area contributed by atoms with Gasteiger partial charge in [-0.05, 0) is 11.5 Å². The molecule has 0 aromatic heterocycles. The molecule has 0 bridgehead atoms. The highest BCUT2D eigenvalue weighted by Gasteiger charge is 2.22. The summed E-state index contributed by atoms with van der Waals surface area (Å²) in [5, 5.41) is 0. The number of hydrogen-bond acceptors (Lipinski definition) is 0. The zero-order valence-corrected chi connectivity index (χ0v) is 9.42. The van der Waals surface area contributed by atoms with Crippen molar-refractivity contribution in [2.24, 2.45) is 5.92 Å². The Labute approximate surface area is 73.0 Å². The van der Waals surface area contributed by atoms with E-state index in [1.54, 1.807) is 12.8 Å². The van der Waals surface area contributed by atoms with Gasteiger partial charge in [0.15, 0.2) is 0 Å². The predicted molar refractivity (Wildman–Crippen MR) is 54.9 cm³/mol. The molecule has 0 aromatic rings. The highest BCUT2D eigenvalue weighted by Crippen LogP contribution is 2.35. The Morgan fingerprint density at radius 3 is 2.00 bits per heavy atom. The second kappa shape index (κ2) is 4.29. The molecule has 0 spiro atoms. The summed E-state index contributed by atoms with van der Waals surface area (Å²) in [6.07, 6.45) is 7.61. The molecule has 1 fully saturated rings. The van der Waals surface area contributed by atoms with Gasteiger partial charge in [0.25, 0.3) is 0 Å². The molecule has 0 radical (unpaired) electrons. The smallest absolute Gasteiger partial charge is 0.0337 e. The molecular formula is C10H22Si. The SMILES string of the molecule is CCC1CCC([SiH](C)C)CC1. The van der Waals surface area contributed by atoms with Crippen molar-refractivity contribution in [1.29, 1.82) is 0 Å². The summed E-state index contributed by atoms with van der Waals surface area (Å²) in [4.78, 5) is 0. The second-order valence-electron chi connectivity index (χ2n) is 4.43. The largest absolute Gasteiger partial charge is 0.0720 e. The minimum absolute atomic E-state index is 0.290. The van der Waals surface area contributed by atoms with Gasteiger partial charge in [-0.25, -0.2) is 0 Å². The van der Waals surface area contributed by atoms with Crippen molar-refractivity contribution in [3.05, 3.63) is 0 Å². The molecule has 0 aliphatic heterocycles. The van der Waals surface area contributed by atoms with Crippen LogP contribution in [0.25, 0.3) is 0 Å². The van der Waals surface area contributed by atoms with Crippen LogP contribution in [0.15, 0.2) is 0 Å². The Kier molecular flexibility index (Phi) is 3.63. The molecule has 0 nitrogen and oxygen atoms in total. The predicted octanol–water partition coefficient (Wildman–Crippen LogP) is 3.44. The van der Waals surface area contributed by atoms with Crippen LogP contribution in [0.3, 0.4) is 0 Å². The van der Waals surface area contributed by atoms with Gasteiger partial charge in [0.05, 0.1) is 0 Å². The quantitative estimate of drug-likeness (QED) is 0.557. The van der Waals surface area contributed by atoms with Crippen molar-refractivity contribution in [2.75, 3.05) is 0 Å². The minimum atomic E-state index is -0.290. The Hall–Kier alpha value is 0.217. The minimum Gasteiger partial charge on any atom is -0.0720 e. The van der Waals surface area contributed by atoms with E-state index in [1.165, 1.54) is 24.8 Å². The highest BCUT2D eigenvalue weighted by atomic mass is 28.3. The second-order valence-corrected chi connectivity index (χ2v) is 7.86. The van der Waals surface area contributed by atoms with E-state index in [9.17, 15) is 0 Å². The van der Waals surface area contributed by atoms with Crippen LogP contribution in [0.4, 0.5) is 0 Å². The monoisotopic (exact) mass is 170 g/mol. The molecule has 0 saturated heterocycles. The molecule has 0 aromatic carbocycles. The summed E-state index contributed by atoms with van der Waals surface area (Å²) in [6, 6.07) is 0. The van der Waals surface area contributed by atoms with Gasteiger partial charge in [-0.1, -0.05) is 52.1 Å². The van der Waals surface area contributed by atoms with Crippen LogP contribution >= 0.6 is 0 Å². The molecule has 1 saturated carbocycles. The molecule has 11 heavy (non-hydrogen) atoms. The lowest BCUT2D eigenvalue weighted by molar-refractivity contribution is 0.347. The molecule has 0 N–H and O–H groups in total. The Bertz CT molecular complexity index is 101. The van der Waals surface area contributed by atoms with E-state index in [0.29, 0.717) is 0 Å². The van der Waals surface area contributed by atoms with E-state index in [4.69, 9.17) is 0 Å². The Morgan fingerprint density at radius 1 is 1.09 bits per heavy atom. The van der Waals surface area contributed by atoms with Crippen molar-refractivity contribution in [2.45, 2.75) is 57.7 Å². The van der Waals surface area contributed by atoms with Gasteiger partial charge in [-0.15, -0.1) is 0 Å². The molecule has 0 heterocycles. The van der Waals surface area contributed by atoms with Crippen LogP contribution in [-0.4, -0.2) is 8.80 Å². The topological polar surface area (TPSA) is 0 Å². The average Bonchev–Trinajstić information content (AvgIpc) is 2.05. The van der Waals surface area contributed by atoms with Gasteiger partial charge in [0.1, 0.15) is 0 Å². The fraction of sp³-hybridized carbons (Fsp3) is 1.00. The Morgan fingerprint density at radius 2 is 1.64 bits per heavy atom. The van der Waals surface area contributed by atoms with Crippen LogP contribution in [-0.2, 0) is 0 Å². The van der Waals surface area contributed by atoms with Crippen LogP contribution < -0.4 is 0 Å². The third-order valence-corrected chi connectivity index (χ3v) is 5.96. The number of hydrogen-bond donors (Lipinski definition) is 0. The maximum absolute atomic E-state index is 2.51. The summed E-state index contributed by atoms with van der Waals surface area (Å²) in [7, 11) is -0.290. The lowest BCUT2D eigenvalue weighted by Crippen LogP contribution is -2.19. The van der Waals surface area contributed by atoms with Gasteiger partial charge in [-0.2, -0.15) is 0 Å². The van der Waals surface area contributed by atoms with Crippen molar-refractivity contribution >= 4 is 8.80 Å². The zero-order chi connectivity index (χ0) is 8.27. The summed E-state index contributed by atoms with van der Waals surface area (Å²) >= 11 is 0. The third-order valence-electron chi connectivity index (χ3n) is 3.41. The molecule has 1 heteroatoms. The van der Waals surface area contributed by atoms with Gasteiger partial charge in [0.2, 0.25) is 0 Å². The fourth-order valence-electron chi connectivity index (χ4n) is 2.26. The maximum atomic E-state index is 2.51. The van der Waals surface area contributed by atoms with E-state index in [0.717, 1.165) is 5.92 Å². The fourth-order valence-corrected chi connectivity index (χ4v) is 3.98. The molecule has 0 amide bonds. The van der Waals surface area contributed by atoms with Gasteiger partial charge < -0.3 is 0 Å². The van der Waals surface area contributed by atoms with E-state index in [2.05, 4.69) is 20.0 Å². The van der Waals surface area contributed by atoms with E-state index in [-0.39, 0.29) is 8.80 Å². The summed E-state index contributed by atoms with van der Waals surface area (Å²) in [5.41, 5.74) is 1.18. The molecule has 0 unspecified atom stereocenters. The summed E-state index contributed by atoms with van der Waals surface area (Å²) in [5.74, 6) is 1.08. The van der Waals surface area contributed by atoms with E-state index < -0.39 is 0 Å². The van der Waals surface area contributed by atoms with Crippen molar-refractivity contribution in [3.8, 4) is 0 Å². The first-order valence-corrected chi connectivity index (χ1v) is 8.21. The molecule has 1 aliphatic rings. The lowest BCUT2D eigenvalue weighted by atomic mass is 9.87.